The molecular formula is C15H19F3O3. The monoisotopic (exact) mass is 304 g/mol. The summed E-state index contributed by atoms with van der Waals surface area (Å²) in [7, 11) is 0. The van der Waals surface area contributed by atoms with Crippen LogP contribution in [0.25, 0.3) is 0 Å². The highest BCUT2D eigenvalue weighted by molar-refractivity contribution is 5.92. The normalized spacial score (nSPS) is 11.5. The van der Waals surface area contributed by atoms with Crippen LogP contribution in [0.5, 0.6) is 5.75 Å². The van der Waals surface area contributed by atoms with Gasteiger partial charge < -0.3 is 9.84 Å². The highest BCUT2D eigenvalue weighted by Crippen LogP contribution is 2.34. The van der Waals surface area contributed by atoms with E-state index in [1.165, 1.54) is 13.0 Å². The smallest absolute Gasteiger partial charge is 0.393 e. The third kappa shape index (κ3) is 4.65. The molecule has 0 fully saturated rings. The van der Waals surface area contributed by atoms with E-state index < -0.39 is 18.6 Å². The summed E-state index contributed by atoms with van der Waals surface area (Å²) in [6, 6.07) is 1.38. The quantitative estimate of drug-likeness (QED) is 0.798. The van der Waals surface area contributed by atoms with Crippen molar-refractivity contribution in [2.24, 2.45) is 0 Å². The SMILES string of the molecule is CCCCOc1cc(C)c(C(=O)O)c(C)c1CC(F)(F)F. The summed E-state index contributed by atoms with van der Waals surface area (Å²) in [6.07, 6.45) is -4.02. The van der Waals surface area contributed by atoms with Crippen LogP contribution in [-0.4, -0.2) is 23.9 Å². The molecule has 0 spiro atoms. The third-order valence-corrected chi connectivity index (χ3v) is 3.21. The standard InChI is InChI=1S/C15H19F3O3/c1-4-5-6-21-12-7-9(2)13(14(19)20)10(3)11(12)8-15(16,17)18/h7H,4-6,8H2,1-3H3,(H,19,20). The summed E-state index contributed by atoms with van der Waals surface area (Å²) < 4.78 is 43.6. The van der Waals surface area contributed by atoms with E-state index in [2.05, 4.69) is 0 Å². The molecule has 0 unspecified atom stereocenters. The molecule has 0 aliphatic heterocycles. The molecule has 0 bridgehead atoms. The number of hydrogen-bond acceptors (Lipinski definition) is 2. The van der Waals surface area contributed by atoms with Crippen LogP contribution in [-0.2, 0) is 6.42 Å². The van der Waals surface area contributed by atoms with Crippen LogP contribution in [0.4, 0.5) is 13.2 Å². The lowest BCUT2D eigenvalue weighted by Crippen LogP contribution is -2.17. The molecule has 0 aliphatic carbocycles. The number of ether oxygens (including phenoxy) is 1. The van der Waals surface area contributed by atoms with Crippen molar-refractivity contribution in [1.29, 1.82) is 0 Å². The van der Waals surface area contributed by atoms with Gasteiger partial charge in [-0.3, -0.25) is 0 Å². The van der Waals surface area contributed by atoms with Crippen molar-refractivity contribution in [3.63, 3.8) is 0 Å². The lowest BCUT2D eigenvalue weighted by molar-refractivity contribution is -0.127. The van der Waals surface area contributed by atoms with Crippen LogP contribution in [0, 0.1) is 13.8 Å². The Labute approximate surface area is 121 Å². The van der Waals surface area contributed by atoms with E-state index in [0.29, 0.717) is 12.2 Å². The highest BCUT2D eigenvalue weighted by Gasteiger charge is 2.32. The molecule has 21 heavy (non-hydrogen) atoms. The van der Waals surface area contributed by atoms with Gasteiger partial charge in [-0.05, 0) is 37.5 Å². The minimum absolute atomic E-state index is 0.0860. The van der Waals surface area contributed by atoms with Gasteiger partial charge in [0.15, 0.2) is 0 Å². The number of unbranched alkanes of at least 4 members (excludes halogenated alkanes) is 1. The Morgan fingerprint density at radius 3 is 2.43 bits per heavy atom. The summed E-state index contributed by atoms with van der Waals surface area (Å²) in [4.78, 5) is 11.2. The molecule has 0 aromatic heterocycles. The van der Waals surface area contributed by atoms with Crippen LogP contribution in [0.1, 0.15) is 46.8 Å². The van der Waals surface area contributed by atoms with Crippen molar-refractivity contribution in [1.82, 2.24) is 0 Å². The summed E-state index contributed by atoms with van der Waals surface area (Å²) in [5.41, 5.74) is 0.336. The first kappa shape index (κ1) is 17.3. The number of hydrogen-bond donors (Lipinski definition) is 1. The molecule has 0 saturated heterocycles. The third-order valence-electron chi connectivity index (χ3n) is 3.21. The molecule has 6 heteroatoms. The van der Waals surface area contributed by atoms with E-state index >= 15 is 0 Å². The number of aryl methyl sites for hydroxylation is 1. The topological polar surface area (TPSA) is 46.5 Å². The van der Waals surface area contributed by atoms with Crippen LogP contribution in [0.2, 0.25) is 0 Å². The molecule has 0 radical (unpaired) electrons. The minimum Gasteiger partial charge on any atom is -0.493 e. The van der Waals surface area contributed by atoms with Crippen molar-refractivity contribution in [3.05, 3.63) is 28.3 Å². The van der Waals surface area contributed by atoms with Crippen LogP contribution < -0.4 is 4.74 Å². The first-order valence-electron chi connectivity index (χ1n) is 6.73. The second kappa shape index (κ2) is 6.83. The largest absolute Gasteiger partial charge is 0.493 e. The number of carboxylic acids is 1. The van der Waals surface area contributed by atoms with Gasteiger partial charge in [0.25, 0.3) is 0 Å². The Balaban J connectivity index is 3.30. The van der Waals surface area contributed by atoms with E-state index in [1.807, 2.05) is 6.92 Å². The number of carboxylic acid groups (broad SMARTS) is 1. The molecule has 0 heterocycles. The van der Waals surface area contributed by atoms with Crippen molar-refractivity contribution < 1.29 is 27.8 Å². The van der Waals surface area contributed by atoms with Gasteiger partial charge in [-0.25, -0.2) is 4.79 Å². The number of aromatic carboxylic acids is 1. The molecule has 118 valence electrons. The molecule has 1 aromatic rings. The average molecular weight is 304 g/mol. The lowest BCUT2D eigenvalue weighted by Gasteiger charge is -2.18. The van der Waals surface area contributed by atoms with E-state index in [0.717, 1.165) is 12.8 Å². The zero-order valence-electron chi connectivity index (χ0n) is 12.3. The number of halogens is 3. The van der Waals surface area contributed by atoms with Gasteiger partial charge in [-0.15, -0.1) is 0 Å². The van der Waals surface area contributed by atoms with Crippen LogP contribution >= 0.6 is 0 Å². The van der Waals surface area contributed by atoms with E-state index in [1.54, 1.807) is 6.92 Å². The van der Waals surface area contributed by atoms with Crippen molar-refractivity contribution >= 4 is 5.97 Å². The Kier molecular flexibility index (Phi) is 5.63. The Hall–Kier alpha value is -1.72. The Morgan fingerprint density at radius 1 is 1.33 bits per heavy atom. The fourth-order valence-electron chi connectivity index (χ4n) is 2.19. The van der Waals surface area contributed by atoms with Crippen LogP contribution in [0.15, 0.2) is 6.07 Å². The summed E-state index contributed by atoms with van der Waals surface area (Å²) in [6.45, 7) is 5.21. The number of alkyl halides is 3. The molecule has 0 aliphatic rings. The highest BCUT2D eigenvalue weighted by atomic mass is 19.4. The van der Waals surface area contributed by atoms with Gasteiger partial charge >= 0.3 is 12.1 Å². The van der Waals surface area contributed by atoms with Gasteiger partial charge in [-0.2, -0.15) is 13.2 Å². The first-order valence-corrected chi connectivity index (χ1v) is 6.73. The molecular weight excluding hydrogens is 285 g/mol. The fraction of sp³-hybridized carbons (Fsp3) is 0.533. The van der Waals surface area contributed by atoms with E-state index in [-0.39, 0.29) is 22.4 Å². The van der Waals surface area contributed by atoms with Gasteiger partial charge in [0.05, 0.1) is 18.6 Å². The van der Waals surface area contributed by atoms with Gasteiger partial charge in [0.2, 0.25) is 0 Å². The molecule has 0 atom stereocenters. The second-order valence-electron chi connectivity index (χ2n) is 4.97. The summed E-state index contributed by atoms with van der Waals surface area (Å²) in [5.74, 6) is -1.10. The zero-order valence-corrected chi connectivity index (χ0v) is 12.3. The molecule has 3 nitrogen and oxygen atoms in total. The van der Waals surface area contributed by atoms with Gasteiger partial charge in [0, 0.05) is 5.56 Å². The van der Waals surface area contributed by atoms with Gasteiger partial charge in [0.1, 0.15) is 5.75 Å². The van der Waals surface area contributed by atoms with Crippen molar-refractivity contribution in [2.45, 2.75) is 46.2 Å². The predicted octanol–water partition coefficient (Wildman–Crippen LogP) is 4.29. The summed E-state index contributed by atoms with van der Waals surface area (Å²) >= 11 is 0. The van der Waals surface area contributed by atoms with Gasteiger partial charge in [-0.1, -0.05) is 13.3 Å². The maximum Gasteiger partial charge on any atom is 0.393 e. The van der Waals surface area contributed by atoms with Crippen molar-refractivity contribution in [2.75, 3.05) is 6.61 Å². The molecule has 0 saturated carbocycles. The van der Waals surface area contributed by atoms with E-state index in [9.17, 15) is 18.0 Å². The number of benzene rings is 1. The van der Waals surface area contributed by atoms with Crippen molar-refractivity contribution in [3.8, 4) is 5.75 Å². The fourth-order valence-corrected chi connectivity index (χ4v) is 2.19. The molecule has 1 aromatic carbocycles. The zero-order chi connectivity index (χ0) is 16.2. The number of rotatable bonds is 6. The average Bonchev–Trinajstić information content (AvgIpc) is 2.32. The number of carbonyl (C=O) groups is 1. The predicted molar refractivity (Wildman–Crippen MR) is 73.0 cm³/mol. The first-order chi connectivity index (χ1) is 9.67. The maximum atomic E-state index is 12.7. The molecule has 1 rings (SSSR count). The maximum absolute atomic E-state index is 12.7. The Morgan fingerprint density at radius 2 is 1.95 bits per heavy atom. The second-order valence-corrected chi connectivity index (χ2v) is 4.97. The lowest BCUT2D eigenvalue weighted by atomic mass is 9.94. The van der Waals surface area contributed by atoms with Crippen LogP contribution in [0.3, 0.4) is 0 Å². The molecule has 1 N–H and O–H groups in total. The van der Waals surface area contributed by atoms with E-state index in [4.69, 9.17) is 9.84 Å². The Bertz CT molecular complexity index is 522. The minimum atomic E-state index is -4.42. The molecule has 0 amide bonds. The summed E-state index contributed by atoms with van der Waals surface area (Å²) in [5, 5.41) is 9.15.